The molecule has 11 heteroatoms. The van der Waals surface area contributed by atoms with Crippen LogP contribution in [-0.2, 0) is 23.8 Å². The molecule has 0 aliphatic carbocycles. The number of aliphatic hydroxyl groups excluding tert-OH is 3. The number of nitrogens with one attached hydrogen (secondary N) is 1. The van der Waals surface area contributed by atoms with E-state index in [4.69, 9.17) is 18.9 Å². The number of carbonyl (C=O) groups excluding carboxylic acids is 3. The molecule has 10 atom stereocenters. The number of Topliss-reactive ketones (excluding diaryl/α,β-unsaturated/α-hetero) is 1. The highest BCUT2D eigenvalue weighted by Gasteiger charge is 2.44. The Labute approximate surface area is 229 Å². The van der Waals surface area contributed by atoms with Crippen molar-refractivity contribution in [3.63, 3.8) is 0 Å². The zero-order valence-corrected chi connectivity index (χ0v) is 22.4. The normalized spacial score (nSPS) is 34.4. The molecule has 1 aromatic carbocycles. The van der Waals surface area contributed by atoms with Crippen LogP contribution in [0, 0.1) is 17.8 Å². The number of carbonyl (C=O) groups is 3. The first-order chi connectivity index (χ1) is 17.9. The van der Waals surface area contributed by atoms with Crippen LogP contribution in [0.1, 0.15) is 58.8 Å². The van der Waals surface area contributed by atoms with E-state index >= 15 is 0 Å². The average Bonchev–Trinajstić information content (AvgIpc) is 2.87. The molecule has 2 heterocycles. The van der Waals surface area contributed by atoms with Crippen LogP contribution in [-0.4, -0.2) is 89.0 Å². The maximum absolute atomic E-state index is 13.2. The summed E-state index contributed by atoms with van der Waals surface area (Å²) in [7, 11) is 0. The van der Waals surface area contributed by atoms with Crippen LogP contribution in [0.4, 0.5) is 0 Å². The third-order valence-corrected chi connectivity index (χ3v) is 7.56. The van der Waals surface area contributed by atoms with Gasteiger partial charge < -0.3 is 39.6 Å². The second-order valence-corrected chi connectivity index (χ2v) is 10.3. The van der Waals surface area contributed by atoms with E-state index in [0.29, 0.717) is 11.3 Å². The summed E-state index contributed by atoms with van der Waals surface area (Å²) in [6, 6.07) is 5.98. The van der Waals surface area contributed by atoms with Crippen molar-refractivity contribution < 1.29 is 48.7 Å². The molecule has 11 nitrogen and oxygen atoms in total. The quantitative estimate of drug-likeness (QED) is 0.260. The van der Waals surface area contributed by atoms with E-state index in [1.807, 2.05) is 13.8 Å². The van der Waals surface area contributed by atoms with E-state index < -0.39 is 61.3 Å². The van der Waals surface area contributed by atoms with Gasteiger partial charge in [0.05, 0.1) is 31.0 Å². The largest absolute Gasteiger partial charge is 0.465 e. The summed E-state index contributed by atoms with van der Waals surface area (Å²) in [5, 5.41) is 32.6. The highest BCUT2D eigenvalue weighted by atomic mass is 16.7. The highest BCUT2D eigenvalue weighted by molar-refractivity contribution is 5.96. The molecular formula is C28H43NO10. The molecular weight excluding hydrogens is 510 g/mol. The highest BCUT2D eigenvalue weighted by Crippen LogP contribution is 2.33. The lowest BCUT2D eigenvalue weighted by molar-refractivity contribution is -0.256. The Balaban J connectivity index is 0.00000533. The summed E-state index contributed by atoms with van der Waals surface area (Å²) in [6.45, 7) is 7.93. The fourth-order valence-electron chi connectivity index (χ4n) is 4.97. The van der Waals surface area contributed by atoms with Gasteiger partial charge in [-0.25, -0.2) is 0 Å². The fourth-order valence-corrected chi connectivity index (χ4v) is 4.97. The van der Waals surface area contributed by atoms with Crippen LogP contribution in [0.15, 0.2) is 24.3 Å². The molecule has 1 amide bonds. The van der Waals surface area contributed by atoms with Gasteiger partial charge in [-0.2, -0.15) is 0 Å². The third kappa shape index (κ3) is 7.98. The lowest BCUT2D eigenvalue weighted by Gasteiger charge is -2.44. The number of ketones is 1. The molecule has 4 unspecified atom stereocenters. The zero-order chi connectivity index (χ0) is 28.1. The van der Waals surface area contributed by atoms with Crippen molar-refractivity contribution in [1.82, 2.24) is 5.32 Å². The Morgan fingerprint density at radius 1 is 0.897 bits per heavy atom. The first-order valence-electron chi connectivity index (χ1n) is 12.9. The predicted molar refractivity (Wildman–Crippen MR) is 141 cm³/mol. The lowest BCUT2D eigenvalue weighted by Crippen LogP contribution is -2.58. The Morgan fingerprint density at radius 3 is 2.10 bits per heavy atom. The minimum absolute atomic E-state index is 0. The van der Waals surface area contributed by atoms with E-state index in [2.05, 4.69) is 5.32 Å². The molecule has 2 saturated heterocycles. The summed E-state index contributed by atoms with van der Waals surface area (Å²) in [6.07, 6.45) is -5.27. The van der Waals surface area contributed by atoms with Gasteiger partial charge in [0.15, 0.2) is 5.78 Å². The van der Waals surface area contributed by atoms with Crippen LogP contribution >= 0.6 is 0 Å². The van der Waals surface area contributed by atoms with Crippen molar-refractivity contribution in [3.05, 3.63) is 29.8 Å². The second-order valence-electron chi connectivity index (χ2n) is 10.3. The SMILES string of the molecule is C.CC(=O)NC1[C@H](CC(=O)c2ccc(O[C@@H]3OC(CO)[C@@H](O)[C@H](O)C3C)cc2)OC(COC(C)=O)[C@@H](C)[C@@H]1C. The smallest absolute Gasteiger partial charge is 0.302 e. The monoisotopic (exact) mass is 553 g/mol. The van der Waals surface area contributed by atoms with Gasteiger partial charge in [-0.15, -0.1) is 0 Å². The molecule has 0 saturated carbocycles. The minimum Gasteiger partial charge on any atom is -0.465 e. The number of esters is 1. The van der Waals surface area contributed by atoms with Gasteiger partial charge in [0.25, 0.3) is 0 Å². The van der Waals surface area contributed by atoms with E-state index in [1.54, 1.807) is 31.2 Å². The topological polar surface area (TPSA) is 161 Å². The van der Waals surface area contributed by atoms with Crippen molar-refractivity contribution in [2.45, 2.75) is 91.3 Å². The van der Waals surface area contributed by atoms with Gasteiger partial charge in [-0.05, 0) is 36.1 Å². The first-order valence-corrected chi connectivity index (χ1v) is 12.9. The molecule has 0 bridgehead atoms. The molecule has 0 spiro atoms. The predicted octanol–water partition coefficient (Wildman–Crippen LogP) is 1.46. The van der Waals surface area contributed by atoms with Gasteiger partial charge in [-0.3, -0.25) is 14.4 Å². The van der Waals surface area contributed by atoms with E-state index in [0.717, 1.165) is 0 Å². The molecule has 4 N–H and O–H groups in total. The number of amides is 1. The van der Waals surface area contributed by atoms with Crippen LogP contribution in [0.3, 0.4) is 0 Å². The van der Waals surface area contributed by atoms with E-state index in [9.17, 15) is 29.7 Å². The summed E-state index contributed by atoms with van der Waals surface area (Å²) in [5.74, 6) is -1.08. The second kappa shape index (κ2) is 14.2. The maximum atomic E-state index is 13.2. The molecule has 2 aliphatic heterocycles. The molecule has 0 radical (unpaired) electrons. The van der Waals surface area contributed by atoms with Gasteiger partial charge in [0.1, 0.15) is 24.6 Å². The Bertz CT molecular complexity index is 966. The Morgan fingerprint density at radius 2 is 1.54 bits per heavy atom. The zero-order valence-electron chi connectivity index (χ0n) is 22.4. The Kier molecular flexibility index (Phi) is 11.9. The number of hydrogen-bond acceptors (Lipinski definition) is 10. The number of benzene rings is 1. The molecule has 3 rings (SSSR count). The van der Waals surface area contributed by atoms with Gasteiger partial charge >= 0.3 is 5.97 Å². The lowest BCUT2D eigenvalue weighted by atomic mass is 9.78. The number of rotatable bonds is 9. The van der Waals surface area contributed by atoms with Crippen LogP contribution in [0.25, 0.3) is 0 Å². The summed E-state index contributed by atoms with van der Waals surface area (Å²) >= 11 is 0. The maximum Gasteiger partial charge on any atom is 0.302 e. The van der Waals surface area contributed by atoms with Gasteiger partial charge in [0, 0.05) is 31.7 Å². The standard InChI is InChI=1S/C27H39NO10.CH4/c1-13-14(2)24(28-16(4)30)21(37-23(13)12-35-17(5)31)10-20(32)18-6-8-19(9-7-18)36-27-15(3)25(33)26(34)22(11-29)38-27;/h6-9,13-15,21-27,29,33-34H,10-12H2,1-5H3,(H,28,30);1H4/t13-,14-,15?,21-,22?,23?,24?,25+,26+,27+;/m0./s1. The van der Waals surface area contributed by atoms with Gasteiger partial charge in [0.2, 0.25) is 12.2 Å². The fraction of sp³-hybridized carbons (Fsp3) is 0.679. The third-order valence-electron chi connectivity index (χ3n) is 7.56. The first kappa shape index (κ1) is 32.6. The summed E-state index contributed by atoms with van der Waals surface area (Å²) < 4.78 is 22.8. The number of ether oxygens (including phenoxy) is 4. The molecule has 2 aliphatic rings. The molecule has 0 aromatic heterocycles. The van der Waals surface area contributed by atoms with E-state index in [-0.39, 0.29) is 44.0 Å². The summed E-state index contributed by atoms with van der Waals surface area (Å²) in [4.78, 5) is 36.4. The summed E-state index contributed by atoms with van der Waals surface area (Å²) in [5.41, 5.74) is 0.409. The van der Waals surface area contributed by atoms with Gasteiger partial charge in [-0.1, -0.05) is 28.2 Å². The van der Waals surface area contributed by atoms with Crippen molar-refractivity contribution in [3.8, 4) is 5.75 Å². The van der Waals surface area contributed by atoms with Crippen molar-refractivity contribution >= 4 is 17.7 Å². The average molecular weight is 554 g/mol. The number of aliphatic hydroxyl groups is 3. The molecule has 39 heavy (non-hydrogen) atoms. The van der Waals surface area contributed by atoms with Crippen LogP contribution in [0.2, 0.25) is 0 Å². The number of hydrogen-bond donors (Lipinski definition) is 4. The molecule has 1 aromatic rings. The van der Waals surface area contributed by atoms with Crippen LogP contribution in [0.5, 0.6) is 5.75 Å². The van der Waals surface area contributed by atoms with Crippen molar-refractivity contribution in [2.75, 3.05) is 13.2 Å². The molecule has 2 fully saturated rings. The van der Waals surface area contributed by atoms with E-state index in [1.165, 1.54) is 13.8 Å². The van der Waals surface area contributed by atoms with Crippen molar-refractivity contribution in [1.29, 1.82) is 0 Å². The minimum atomic E-state index is -1.22. The van der Waals surface area contributed by atoms with Crippen molar-refractivity contribution in [2.24, 2.45) is 17.8 Å². The molecule has 220 valence electrons. The van der Waals surface area contributed by atoms with Crippen LogP contribution < -0.4 is 10.1 Å². The Hall–Kier alpha value is -2.57.